The highest BCUT2D eigenvalue weighted by atomic mass is 19.4. The van der Waals surface area contributed by atoms with Crippen molar-refractivity contribution in [2.45, 2.75) is 24.9 Å². The molecule has 1 aliphatic rings. The van der Waals surface area contributed by atoms with Gasteiger partial charge in [-0.05, 0) is 25.9 Å². The van der Waals surface area contributed by atoms with E-state index in [-0.39, 0.29) is 11.6 Å². The number of nitrogens with zero attached hydrogens (tertiary/aromatic N) is 1. The van der Waals surface area contributed by atoms with Crippen LogP contribution in [0.1, 0.15) is 40.9 Å². The summed E-state index contributed by atoms with van der Waals surface area (Å²) in [7, 11) is 0. The number of nitrogens with one attached hydrogen (secondary N) is 1. The zero-order chi connectivity index (χ0) is 13.3. The zero-order valence-corrected chi connectivity index (χ0v) is 9.25. The summed E-state index contributed by atoms with van der Waals surface area (Å²) in [5.41, 5.74) is -0.101. The number of hydrogen-bond donors (Lipinski definition) is 2. The van der Waals surface area contributed by atoms with Crippen LogP contribution in [0.15, 0.2) is 4.42 Å². The summed E-state index contributed by atoms with van der Waals surface area (Å²) in [5, 5.41) is 11.9. The molecule has 18 heavy (non-hydrogen) atoms. The summed E-state index contributed by atoms with van der Waals surface area (Å²) in [6.45, 7) is 1.25. The number of rotatable bonds is 2. The van der Waals surface area contributed by atoms with Crippen LogP contribution in [0.5, 0.6) is 0 Å². The largest absolute Gasteiger partial charge is 0.475 e. The summed E-state index contributed by atoms with van der Waals surface area (Å²) >= 11 is 0. The van der Waals surface area contributed by atoms with E-state index in [0.717, 1.165) is 0 Å². The average Bonchev–Trinajstić information content (AvgIpc) is 2.74. The molecule has 0 bridgehead atoms. The van der Waals surface area contributed by atoms with Gasteiger partial charge in [0.15, 0.2) is 0 Å². The number of hydrogen-bond acceptors (Lipinski definition) is 4. The van der Waals surface area contributed by atoms with Crippen LogP contribution in [0, 0.1) is 0 Å². The predicted molar refractivity (Wildman–Crippen MR) is 53.3 cm³/mol. The molecule has 2 N–H and O–H groups in total. The monoisotopic (exact) mass is 264 g/mol. The van der Waals surface area contributed by atoms with E-state index in [2.05, 4.69) is 14.7 Å². The number of aromatic carboxylic acids is 1. The van der Waals surface area contributed by atoms with E-state index in [1.54, 1.807) is 0 Å². The number of carbonyl (C=O) groups is 1. The lowest BCUT2D eigenvalue weighted by Gasteiger charge is -2.20. The topological polar surface area (TPSA) is 75.4 Å². The van der Waals surface area contributed by atoms with E-state index < -0.39 is 23.8 Å². The van der Waals surface area contributed by atoms with Gasteiger partial charge in [-0.1, -0.05) is 0 Å². The van der Waals surface area contributed by atoms with E-state index in [9.17, 15) is 18.0 Å². The Labute approximate surface area is 100.0 Å². The molecule has 8 heteroatoms. The van der Waals surface area contributed by atoms with Crippen LogP contribution in [0.2, 0.25) is 0 Å². The minimum absolute atomic E-state index is 0.101. The highest BCUT2D eigenvalue weighted by molar-refractivity contribution is 5.85. The molecule has 5 nitrogen and oxygen atoms in total. The fourth-order valence-electron chi connectivity index (χ4n) is 1.98. The molecule has 0 amide bonds. The number of oxazole rings is 1. The second-order valence-corrected chi connectivity index (χ2v) is 4.06. The number of piperidine rings is 1. The van der Waals surface area contributed by atoms with Crippen molar-refractivity contribution < 1.29 is 27.5 Å². The quantitative estimate of drug-likeness (QED) is 0.852. The number of carboxylic acids is 1. The van der Waals surface area contributed by atoms with Crippen molar-refractivity contribution in [3.63, 3.8) is 0 Å². The summed E-state index contributed by atoms with van der Waals surface area (Å²) in [6.07, 6.45) is -3.68. The van der Waals surface area contributed by atoms with Gasteiger partial charge in [-0.25, -0.2) is 9.78 Å². The van der Waals surface area contributed by atoms with Crippen LogP contribution in [-0.2, 0) is 6.18 Å². The zero-order valence-electron chi connectivity index (χ0n) is 9.25. The van der Waals surface area contributed by atoms with Crippen molar-refractivity contribution in [1.82, 2.24) is 10.3 Å². The van der Waals surface area contributed by atoms with Crippen LogP contribution in [0.25, 0.3) is 0 Å². The lowest BCUT2D eigenvalue weighted by atomic mass is 9.93. The maximum Gasteiger partial charge on any atom is 0.468 e. The molecule has 100 valence electrons. The van der Waals surface area contributed by atoms with Gasteiger partial charge in [-0.15, -0.1) is 0 Å². The van der Waals surface area contributed by atoms with Gasteiger partial charge < -0.3 is 14.8 Å². The summed E-state index contributed by atoms with van der Waals surface area (Å²) in [5.74, 6) is -4.02. The van der Waals surface area contributed by atoms with E-state index in [4.69, 9.17) is 5.11 Å². The molecular weight excluding hydrogens is 253 g/mol. The highest BCUT2D eigenvalue weighted by Gasteiger charge is 2.40. The third-order valence-electron chi connectivity index (χ3n) is 2.82. The van der Waals surface area contributed by atoms with Crippen molar-refractivity contribution in [3.8, 4) is 0 Å². The molecule has 2 heterocycles. The number of halogens is 3. The molecule has 1 aromatic rings. The maximum atomic E-state index is 12.5. The van der Waals surface area contributed by atoms with Crippen molar-refractivity contribution in [2.24, 2.45) is 0 Å². The fraction of sp³-hybridized carbons (Fsp3) is 0.600. The van der Waals surface area contributed by atoms with Crippen molar-refractivity contribution in [2.75, 3.05) is 13.1 Å². The van der Waals surface area contributed by atoms with Crippen LogP contribution in [0.4, 0.5) is 13.2 Å². The first-order chi connectivity index (χ1) is 8.39. The first-order valence-corrected chi connectivity index (χ1v) is 5.41. The van der Waals surface area contributed by atoms with Crippen molar-refractivity contribution >= 4 is 5.97 Å². The van der Waals surface area contributed by atoms with Gasteiger partial charge in [0.1, 0.15) is 0 Å². The fourth-order valence-corrected chi connectivity index (χ4v) is 1.98. The summed E-state index contributed by atoms with van der Waals surface area (Å²) in [6, 6.07) is 0. The number of aromatic nitrogens is 1. The normalized spacial score (nSPS) is 17.9. The Morgan fingerprint density at radius 3 is 2.50 bits per heavy atom. The highest BCUT2D eigenvalue weighted by Crippen LogP contribution is 2.34. The molecule has 0 aromatic carbocycles. The molecule has 2 rings (SSSR count). The van der Waals surface area contributed by atoms with Crippen LogP contribution in [0.3, 0.4) is 0 Å². The molecule has 0 atom stereocenters. The lowest BCUT2D eigenvalue weighted by Crippen LogP contribution is -2.27. The molecule has 0 radical (unpaired) electrons. The number of alkyl halides is 3. The van der Waals surface area contributed by atoms with Crippen LogP contribution < -0.4 is 5.32 Å². The third kappa shape index (κ3) is 2.47. The Morgan fingerprint density at radius 2 is 2.00 bits per heavy atom. The van der Waals surface area contributed by atoms with Crippen LogP contribution in [-0.4, -0.2) is 29.1 Å². The molecule has 0 unspecified atom stereocenters. The first-order valence-electron chi connectivity index (χ1n) is 5.41. The van der Waals surface area contributed by atoms with Gasteiger partial charge in [0.05, 0.1) is 5.69 Å². The van der Waals surface area contributed by atoms with Gasteiger partial charge in [-0.3, -0.25) is 0 Å². The van der Waals surface area contributed by atoms with Crippen molar-refractivity contribution in [3.05, 3.63) is 17.3 Å². The van der Waals surface area contributed by atoms with E-state index in [0.29, 0.717) is 25.9 Å². The molecule has 1 saturated heterocycles. The van der Waals surface area contributed by atoms with Crippen molar-refractivity contribution in [1.29, 1.82) is 0 Å². The summed E-state index contributed by atoms with van der Waals surface area (Å²) in [4.78, 5) is 14.2. The Bertz CT molecular complexity index is 450. The minimum atomic E-state index is -4.77. The van der Waals surface area contributed by atoms with Crippen LogP contribution >= 0.6 is 0 Å². The van der Waals surface area contributed by atoms with Gasteiger partial charge in [0.25, 0.3) is 0 Å². The second kappa shape index (κ2) is 4.60. The Balaban J connectivity index is 2.38. The van der Waals surface area contributed by atoms with Gasteiger partial charge in [0.2, 0.25) is 5.76 Å². The molecule has 1 aliphatic heterocycles. The smallest absolute Gasteiger partial charge is 0.468 e. The van der Waals surface area contributed by atoms with E-state index in [1.807, 2.05) is 0 Å². The predicted octanol–water partition coefficient (Wildman–Crippen LogP) is 1.86. The second-order valence-electron chi connectivity index (χ2n) is 4.06. The average molecular weight is 264 g/mol. The van der Waals surface area contributed by atoms with E-state index >= 15 is 0 Å². The minimum Gasteiger partial charge on any atom is -0.475 e. The third-order valence-corrected chi connectivity index (χ3v) is 2.82. The molecule has 1 aromatic heterocycles. The van der Waals surface area contributed by atoms with Gasteiger partial charge in [-0.2, -0.15) is 13.2 Å². The SMILES string of the molecule is O=C(O)c1oc(C(F)(F)F)nc1C1CCNCC1. The maximum absolute atomic E-state index is 12.5. The Kier molecular flexibility index (Phi) is 3.29. The Morgan fingerprint density at radius 1 is 1.39 bits per heavy atom. The first kappa shape index (κ1) is 12.9. The van der Waals surface area contributed by atoms with Gasteiger partial charge >= 0.3 is 18.0 Å². The molecule has 0 aliphatic carbocycles. The van der Waals surface area contributed by atoms with E-state index in [1.165, 1.54) is 0 Å². The molecular formula is C10H11F3N2O3. The summed E-state index contributed by atoms with van der Waals surface area (Å²) < 4.78 is 41.7. The lowest BCUT2D eigenvalue weighted by molar-refractivity contribution is -0.157. The molecule has 0 spiro atoms. The Hall–Kier alpha value is -1.57. The molecule has 1 fully saturated rings. The number of carboxylic acid groups (broad SMARTS) is 1. The molecule has 0 saturated carbocycles. The van der Waals surface area contributed by atoms with Gasteiger partial charge in [0, 0.05) is 5.92 Å². The standard InChI is InChI=1S/C10H11F3N2O3/c11-10(12,13)9-15-6(7(18-9)8(16)17)5-1-3-14-4-2-5/h5,14H,1-4H2,(H,16,17).